The molecular formula is C26H25ClN2O2. The van der Waals surface area contributed by atoms with Crippen molar-refractivity contribution in [2.24, 2.45) is 10.9 Å². The Morgan fingerprint density at radius 2 is 1.55 bits per heavy atom. The van der Waals surface area contributed by atoms with Crippen molar-refractivity contribution in [3.63, 3.8) is 0 Å². The summed E-state index contributed by atoms with van der Waals surface area (Å²) in [7, 11) is 1.57. The van der Waals surface area contributed by atoms with Gasteiger partial charge in [-0.2, -0.15) is 0 Å². The van der Waals surface area contributed by atoms with Crippen molar-refractivity contribution in [1.29, 1.82) is 0 Å². The number of hydrogen-bond acceptors (Lipinski definition) is 4. The Kier molecular flexibility index (Phi) is 5.86. The molecule has 4 nitrogen and oxygen atoms in total. The minimum atomic E-state index is -0.186. The summed E-state index contributed by atoms with van der Waals surface area (Å²) in [4.78, 5) is 5.26. The van der Waals surface area contributed by atoms with Gasteiger partial charge in [-0.05, 0) is 42.5 Å². The maximum Gasteiger partial charge on any atom is 0.144 e. The lowest BCUT2D eigenvalue weighted by Gasteiger charge is -2.38. The summed E-state index contributed by atoms with van der Waals surface area (Å²) in [5, 5.41) is 6.08. The summed E-state index contributed by atoms with van der Waals surface area (Å²) in [6, 6.07) is 26.5. The molecule has 2 N–H and O–H groups in total. The van der Waals surface area contributed by atoms with Crippen molar-refractivity contribution in [2.75, 3.05) is 7.11 Å². The highest BCUT2D eigenvalue weighted by Crippen LogP contribution is 2.40. The van der Waals surface area contributed by atoms with Crippen molar-refractivity contribution in [2.45, 2.75) is 24.8 Å². The highest BCUT2D eigenvalue weighted by Gasteiger charge is 2.34. The summed E-state index contributed by atoms with van der Waals surface area (Å²) in [6.07, 6.45) is 3.27. The zero-order valence-corrected chi connectivity index (χ0v) is 18.2. The van der Waals surface area contributed by atoms with Gasteiger partial charge in [0.05, 0.1) is 5.56 Å². The van der Waals surface area contributed by atoms with Crippen LogP contribution in [0.25, 0.3) is 33.4 Å². The van der Waals surface area contributed by atoms with Gasteiger partial charge in [-0.1, -0.05) is 71.9 Å². The van der Waals surface area contributed by atoms with Crippen LogP contribution in [0.3, 0.4) is 0 Å². The summed E-state index contributed by atoms with van der Waals surface area (Å²) in [6.45, 7) is 0. The van der Waals surface area contributed by atoms with E-state index < -0.39 is 0 Å². The zero-order chi connectivity index (χ0) is 20.6. The van der Waals surface area contributed by atoms with Crippen LogP contribution in [0.2, 0.25) is 0 Å². The quantitative estimate of drug-likeness (QED) is 0.403. The first-order valence-electron chi connectivity index (χ1n) is 10.3. The molecule has 0 unspecified atom stereocenters. The molecule has 31 heavy (non-hydrogen) atoms. The first kappa shape index (κ1) is 21.2. The summed E-state index contributed by atoms with van der Waals surface area (Å²) >= 11 is 0. The molecule has 5 rings (SSSR count). The Labute approximate surface area is 187 Å². The smallest absolute Gasteiger partial charge is 0.144 e. The molecule has 0 amide bonds. The third-order valence-corrected chi connectivity index (χ3v) is 6.03. The fourth-order valence-electron chi connectivity index (χ4n) is 4.22. The molecule has 0 atom stereocenters. The zero-order valence-electron chi connectivity index (χ0n) is 17.4. The second-order valence-corrected chi connectivity index (χ2v) is 7.88. The average molecular weight is 433 g/mol. The molecule has 158 valence electrons. The minimum absolute atomic E-state index is 0. The van der Waals surface area contributed by atoms with Gasteiger partial charge in [0.2, 0.25) is 0 Å². The van der Waals surface area contributed by atoms with E-state index in [0.29, 0.717) is 0 Å². The van der Waals surface area contributed by atoms with Gasteiger partial charge < -0.3 is 15.0 Å². The van der Waals surface area contributed by atoms with Crippen LogP contribution in [-0.4, -0.2) is 7.11 Å². The highest BCUT2D eigenvalue weighted by molar-refractivity contribution is 5.88. The molecule has 1 aliphatic carbocycles. The van der Waals surface area contributed by atoms with E-state index in [1.165, 1.54) is 12.0 Å². The van der Waals surface area contributed by atoms with Crippen LogP contribution >= 0.6 is 12.4 Å². The lowest BCUT2D eigenvalue weighted by Crippen LogP contribution is -2.43. The third-order valence-electron chi connectivity index (χ3n) is 6.03. The lowest BCUT2D eigenvalue weighted by atomic mass is 9.72. The number of para-hydroxylation sites is 1. The van der Waals surface area contributed by atoms with Gasteiger partial charge in [-0.15, -0.1) is 12.4 Å². The van der Waals surface area contributed by atoms with Gasteiger partial charge in [0.1, 0.15) is 23.8 Å². The molecule has 1 saturated carbocycles. The van der Waals surface area contributed by atoms with E-state index in [4.69, 9.17) is 15.0 Å². The molecule has 1 aromatic heterocycles. The van der Waals surface area contributed by atoms with Crippen molar-refractivity contribution in [1.82, 2.24) is 0 Å². The molecule has 4 aromatic rings. The van der Waals surface area contributed by atoms with E-state index >= 15 is 0 Å². The van der Waals surface area contributed by atoms with Gasteiger partial charge in [0.25, 0.3) is 0 Å². The van der Waals surface area contributed by atoms with Crippen LogP contribution in [-0.2, 0) is 10.4 Å². The second kappa shape index (κ2) is 8.58. The van der Waals surface area contributed by atoms with Gasteiger partial charge in [0.15, 0.2) is 0 Å². The molecule has 0 aliphatic heterocycles. The fraction of sp³-hybridized carbons (Fsp3) is 0.192. The van der Waals surface area contributed by atoms with Crippen LogP contribution in [0.4, 0.5) is 0 Å². The van der Waals surface area contributed by atoms with Gasteiger partial charge in [-0.3, -0.25) is 0 Å². The predicted molar refractivity (Wildman–Crippen MR) is 127 cm³/mol. The van der Waals surface area contributed by atoms with Crippen LogP contribution in [0, 0.1) is 0 Å². The number of nitrogens with two attached hydrogens (primary N) is 1. The highest BCUT2D eigenvalue weighted by atomic mass is 35.5. The molecule has 0 saturated heterocycles. The average Bonchev–Trinajstić information content (AvgIpc) is 2.78. The van der Waals surface area contributed by atoms with E-state index in [1.54, 1.807) is 7.11 Å². The summed E-state index contributed by atoms with van der Waals surface area (Å²) in [5.74, 6) is 0.768. The van der Waals surface area contributed by atoms with Crippen molar-refractivity contribution in [3.8, 4) is 22.5 Å². The number of rotatable bonds is 4. The van der Waals surface area contributed by atoms with E-state index in [2.05, 4.69) is 29.4 Å². The molecule has 1 fully saturated rings. The van der Waals surface area contributed by atoms with Gasteiger partial charge >= 0.3 is 0 Å². The van der Waals surface area contributed by atoms with Crippen LogP contribution in [0.15, 0.2) is 88.4 Å². The third kappa shape index (κ3) is 3.73. The van der Waals surface area contributed by atoms with Crippen LogP contribution < -0.4 is 11.1 Å². The normalized spacial score (nSPS) is 15.2. The Morgan fingerprint density at radius 3 is 2.19 bits per heavy atom. The Morgan fingerprint density at radius 1 is 0.871 bits per heavy atom. The maximum atomic E-state index is 6.53. The predicted octanol–water partition coefficient (Wildman–Crippen LogP) is 5.99. The van der Waals surface area contributed by atoms with E-state index in [1.807, 2.05) is 54.6 Å². The topological polar surface area (TPSA) is 60.8 Å². The number of hydrogen-bond donors (Lipinski definition) is 1. The standard InChI is InChI=1S/C26H24N2O2.ClH/c1-29-28-24-21-10-5-6-11-22(21)30-25(19-8-3-2-4-9-19)23(24)18-12-14-20(15-13-18)26(27)16-7-17-26;/h2-6,8-15H,7,16-17,27H2,1H3;1H. The fourth-order valence-corrected chi connectivity index (χ4v) is 4.22. The number of fused-ring (bicyclic) bond motifs is 1. The molecular weight excluding hydrogens is 408 g/mol. The first-order chi connectivity index (χ1) is 14.7. The molecule has 3 aromatic carbocycles. The maximum absolute atomic E-state index is 6.53. The van der Waals surface area contributed by atoms with Crippen LogP contribution in [0.1, 0.15) is 24.8 Å². The van der Waals surface area contributed by atoms with E-state index in [-0.39, 0.29) is 17.9 Å². The Balaban J connectivity index is 0.00000231. The molecule has 0 spiro atoms. The molecule has 1 heterocycles. The molecule has 1 aliphatic rings. The monoisotopic (exact) mass is 432 g/mol. The summed E-state index contributed by atoms with van der Waals surface area (Å²) < 4.78 is 6.41. The Hall–Kier alpha value is -3.08. The van der Waals surface area contributed by atoms with Crippen molar-refractivity contribution >= 4 is 23.4 Å². The Bertz CT molecular complexity index is 1260. The van der Waals surface area contributed by atoms with Gasteiger partial charge in [-0.25, -0.2) is 0 Å². The van der Waals surface area contributed by atoms with Crippen molar-refractivity contribution < 1.29 is 9.25 Å². The number of halogens is 1. The number of benzene rings is 3. The molecule has 0 radical (unpaired) electrons. The molecule has 5 heteroatoms. The van der Waals surface area contributed by atoms with Crippen LogP contribution in [0.5, 0.6) is 0 Å². The SMILES string of the molecule is CON=c1c(-c2ccc(C3(N)CCC3)cc2)c(-c2ccccc2)oc2ccccc12.Cl. The molecule has 0 bridgehead atoms. The van der Waals surface area contributed by atoms with Crippen molar-refractivity contribution in [3.05, 3.63) is 89.8 Å². The summed E-state index contributed by atoms with van der Waals surface area (Å²) in [5.41, 5.74) is 11.2. The minimum Gasteiger partial charge on any atom is -0.455 e. The lowest BCUT2D eigenvalue weighted by molar-refractivity contribution is 0.201. The first-order valence-corrected chi connectivity index (χ1v) is 10.3. The van der Waals surface area contributed by atoms with Gasteiger partial charge in [0, 0.05) is 16.5 Å². The number of nitrogens with zero attached hydrogens (tertiary/aromatic N) is 1. The largest absolute Gasteiger partial charge is 0.455 e. The van der Waals surface area contributed by atoms with E-state index in [9.17, 15) is 0 Å². The van der Waals surface area contributed by atoms with E-state index in [0.717, 1.165) is 51.6 Å². The second-order valence-electron chi connectivity index (χ2n) is 7.88.